The van der Waals surface area contributed by atoms with Crippen molar-refractivity contribution in [1.82, 2.24) is 20.3 Å². The number of aromatic nitrogens is 2. The first-order valence-electron chi connectivity index (χ1n) is 10.1. The highest BCUT2D eigenvalue weighted by Gasteiger charge is 2.20. The normalized spacial score (nSPS) is 16.4. The molecule has 4 rings (SSSR count). The highest BCUT2D eigenvalue weighted by Crippen LogP contribution is 2.19. The van der Waals surface area contributed by atoms with Crippen molar-refractivity contribution in [2.75, 3.05) is 31.1 Å². The maximum absolute atomic E-state index is 9.10. The van der Waals surface area contributed by atoms with E-state index in [0.29, 0.717) is 5.11 Å². The fraction of sp³-hybridized carbons (Fsp3) is 0.333. The van der Waals surface area contributed by atoms with Crippen LogP contribution < -0.4 is 10.3 Å². The molecule has 2 aliphatic rings. The monoisotopic (exact) mass is 456 g/mol. The predicted molar refractivity (Wildman–Crippen MR) is 123 cm³/mol. The number of rotatable bonds is 2. The average Bonchev–Trinajstić information content (AvgIpc) is 2.83. The van der Waals surface area contributed by atoms with Crippen molar-refractivity contribution in [3.05, 3.63) is 54.0 Å². The third-order valence-electron chi connectivity index (χ3n) is 5.03. The lowest BCUT2D eigenvalue weighted by molar-refractivity contribution is -0.159. The highest BCUT2D eigenvalue weighted by molar-refractivity contribution is 7.80. The van der Waals surface area contributed by atoms with Crippen LogP contribution in [0, 0.1) is 0 Å². The number of pyridine rings is 2. The lowest BCUT2D eigenvalue weighted by Crippen LogP contribution is -2.51. The molecule has 2 aromatic heterocycles. The van der Waals surface area contributed by atoms with E-state index >= 15 is 0 Å². The van der Waals surface area contributed by atoms with E-state index in [1.54, 1.807) is 0 Å². The largest absolute Gasteiger partial charge is 0.473 e. The molecule has 0 atom stereocenters. The van der Waals surface area contributed by atoms with Crippen molar-refractivity contribution in [3.8, 4) is 0 Å². The molecule has 0 spiro atoms. The Morgan fingerprint density at radius 2 is 1.69 bits per heavy atom. The minimum absolute atomic E-state index is 0.682. The third kappa shape index (κ3) is 6.20. The van der Waals surface area contributed by atoms with E-state index < -0.39 is 11.9 Å². The molecule has 0 bridgehead atoms. The van der Waals surface area contributed by atoms with Gasteiger partial charge in [-0.3, -0.25) is 10.4 Å². The second-order valence-corrected chi connectivity index (χ2v) is 7.50. The van der Waals surface area contributed by atoms with E-state index in [-0.39, 0.29) is 0 Å². The SMILES string of the molecule is O=C(O)C(=O)O.S=C(N/N=C1/CCCc2cccnc21)N1CCN(c2ccccn2)CC1. The molecule has 0 unspecified atom stereocenters. The number of carboxylic acids is 2. The molecular formula is C21H24N6O4S. The lowest BCUT2D eigenvalue weighted by Gasteiger charge is -2.36. The maximum Gasteiger partial charge on any atom is 0.414 e. The summed E-state index contributed by atoms with van der Waals surface area (Å²) in [5.41, 5.74) is 6.37. The third-order valence-corrected chi connectivity index (χ3v) is 5.38. The van der Waals surface area contributed by atoms with Gasteiger partial charge < -0.3 is 20.0 Å². The molecule has 1 saturated heterocycles. The number of aryl methyl sites for hydroxylation is 1. The van der Waals surface area contributed by atoms with Gasteiger partial charge in [0.1, 0.15) is 5.82 Å². The van der Waals surface area contributed by atoms with E-state index in [1.165, 1.54) is 5.56 Å². The van der Waals surface area contributed by atoms with Crippen molar-refractivity contribution >= 4 is 40.8 Å². The van der Waals surface area contributed by atoms with Gasteiger partial charge in [-0.15, -0.1) is 0 Å². The number of hydrazone groups is 1. The van der Waals surface area contributed by atoms with Crippen LogP contribution in [0.5, 0.6) is 0 Å². The Kier molecular flexibility index (Phi) is 8.03. The van der Waals surface area contributed by atoms with Crippen molar-refractivity contribution in [1.29, 1.82) is 0 Å². The molecule has 1 aliphatic heterocycles. The number of hydrogen-bond donors (Lipinski definition) is 3. The Bertz CT molecular complexity index is 981. The van der Waals surface area contributed by atoms with Crippen LogP contribution in [0.15, 0.2) is 47.8 Å². The summed E-state index contributed by atoms with van der Waals surface area (Å²) in [6, 6.07) is 10.1. The molecule has 3 N–H and O–H groups in total. The van der Waals surface area contributed by atoms with Crippen molar-refractivity contribution in [2.45, 2.75) is 19.3 Å². The summed E-state index contributed by atoms with van der Waals surface area (Å²) in [4.78, 5) is 31.6. The van der Waals surface area contributed by atoms with Crippen molar-refractivity contribution < 1.29 is 19.8 Å². The number of carbonyl (C=O) groups is 2. The van der Waals surface area contributed by atoms with Gasteiger partial charge in [-0.05, 0) is 55.2 Å². The van der Waals surface area contributed by atoms with Crippen LogP contribution in [0.3, 0.4) is 0 Å². The van der Waals surface area contributed by atoms with Gasteiger partial charge in [0, 0.05) is 38.6 Å². The molecule has 11 heteroatoms. The first kappa shape index (κ1) is 23.1. The van der Waals surface area contributed by atoms with Crippen LogP contribution >= 0.6 is 12.2 Å². The van der Waals surface area contributed by atoms with Gasteiger partial charge in [-0.25, -0.2) is 14.6 Å². The van der Waals surface area contributed by atoms with Crippen LogP contribution in [0.1, 0.15) is 24.1 Å². The highest BCUT2D eigenvalue weighted by atomic mass is 32.1. The Hall–Kier alpha value is -3.60. The molecular weight excluding hydrogens is 432 g/mol. The first-order chi connectivity index (χ1) is 15.5. The number of hydrogen-bond acceptors (Lipinski definition) is 7. The van der Waals surface area contributed by atoms with E-state index in [9.17, 15) is 0 Å². The summed E-state index contributed by atoms with van der Waals surface area (Å²) < 4.78 is 0. The molecule has 1 fully saturated rings. The fourth-order valence-electron chi connectivity index (χ4n) is 3.44. The van der Waals surface area contributed by atoms with Crippen LogP contribution in [0.25, 0.3) is 0 Å². The van der Waals surface area contributed by atoms with Gasteiger partial charge in [-0.1, -0.05) is 12.1 Å². The average molecular weight is 457 g/mol. The molecule has 10 nitrogen and oxygen atoms in total. The lowest BCUT2D eigenvalue weighted by atomic mass is 9.95. The maximum atomic E-state index is 9.10. The topological polar surface area (TPSA) is 131 Å². The Morgan fingerprint density at radius 3 is 2.34 bits per heavy atom. The van der Waals surface area contributed by atoms with E-state index in [1.807, 2.05) is 36.7 Å². The molecule has 3 heterocycles. The van der Waals surface area contributed by atoms with Gasteiger partial charge in [0.2, 0.25) is 0 Å². The number of fused-ring (bicyclic) bond motifs is 1. The number of aliphatic carboxylic acids is 2. The summed E-state index contributed by atoms with van der Waals surface area (Å²) >= 11 is 5.55. The fourth-order valence-corrected chi connectivity index (χ4v) is 3.67. The number of anilines is 1. The van der Waals surface area contributed by atoms with Gasteiger partial charge in [0.15, 0.2) is 5.11 Å². The number of carboxylic acid groups (broad SMARTS) is 2. The standard InChI is InChI=1S/C19H22N6S.C2H2O4/c26-19(23-22-16-7-3-5-15-6-4-10-21-18(15)16)25-13-11-24(12-14-25)17-8-1-2-9-20-17;3-1(4)2(5)6/h1-2,4,6,8-10H,3,5,7,11-14H2,(H,23,26);(H,3,4)(H,5,6)/b22-16-;. The van der Waals surface area contributed by atoms with Gasteiger partial charge in [-0.2, -0.15) is 5.10 Å². The summed E-state index contributed by atoms with van der Waals surface area (Å²) in [5, 5.41) is 20.0. The molecule has 0 saturated carbocycles. The Morgan fingerprint density at radius 1 is 0.969 bits per heavy atom. The van der Waals surface area contributed by atoms with Crippen LogP contribution in [-0.2, 0) is 16.0 Å². The summed E-state index contributed by atoms with van der Waals surface area (Å²) in [7, 11) is 0. The minimum atomic E-state index is -1.82. The molecule has 1 aliphatic carbocycles. The van der Waals surface area contributed by atoms with E-state index in [4.69, 9.17) is 32.0 Å². The second kappa shape index (κ2) is 11.1. The number of piperazine rings is 1. The van der Waals surface area contributed by atoms with Gasteiger partial charge in [0.25, 0.3) is 0 Å². The zero-order chi connectivity index (χ0) is 22.9. The zero-order valence-electron chi connectivity index (χ0n) is 17.3. The Balaban J connectivity index is 0.000000427. The predicted octanol–water partition coefficient (Wildman–Crippen LogP) is 1.37. The van der Waals surface area contributed by atoms with Crippen LogP contribution in [0.2, 0.25) is 0 Å². The summed E-state index contributed by atoms with van der Waals surface area (Å²) in [6.07, 6.45) is 6.78. The molecule has 0 radical (unpaired) electrons. The van der Waals surface area contributed by atoms with Crippen molar-refractivity contribution in [2.24, 2.45) is 5.10 Å². The van der Waals surface area contributed by atoms with Crippen LogP contribution in [-0.4, -0.2) is 74.0 Å². The minimum Gasteiger partial charge on any atom is -0.473 e. The molecule has 168 valence electrons. The second-order valence-electron chi connectivity index (χ2n) is 7.11. The van der Waals surface area contributed by atoms with Crippen molar-refractivity contribution in [3.63, 3.8) is 0 Å². The molecule has 0 amide bonds. The number of nitrogens with zero attached hydrogens (tertiary/aromatic N) is 5. The quantitative estimate of drug-likeness (QED) is 0.346. The smallest absolute Gasteiger partial charge is 0.414 e. The molecule has 32 heavy (non-hydrogen) atoms. The number of nitrogens with one attached hydrogen (secondary N) is 1. The summed E-state index contributed by atoms with van der Waals surface area (Å²) in [6.45, 7) is 3.53. The van der Waals surface area contributed by atoms with Gasteiger partial charge >= 0.3 is 11.9 Å². The van der Waals surface area contributed by atoms with E-state index in [2.05, 4.69) is 36.4 Å². The Labute approximate surface area is 190 Å². The molecule has 0 aromatic carbocycles. The van der Waals surface area contributed by atoms with Crippen LogP contribution in [0.4, 0.5) is 5.82 Å². The number of thiocarbonyl (C=S) groups is 1. The summed E-state index contributed by atoms with van der Waals surface area (Å²) in [5.74, 6) is -2.62. The van der Waals surface area contributed by atoms with Gasteiger partial charge in [0.05, 0.1) is 11.4 Å². The van der Waals surface area contributed by atoms with E-state index in [0.717, 1.165) is 62.7 Å². The zero-order valence-corrected chi connectivity index (χ0v) is 18.2. The first-order valence-corrected chi connectivity index (χ1v) is 10.5. The molecule has 2 aromatic rings.